The Hall–Kier alpha value is -3.09. The van der Waals surface area contributed by atoms with Crippen LogP contribution in [0.4, 0.5) is 10.6 Å². The summed E-state index contributed by atoms with van der Waals surface area (Å²) >= 11 is 0. The summed E-state index contributed by atoms with van der Waals surface area (Å²) in [5.74, 6) is -0.569. The maximum atomic E-state index is 12.2. The van der Waals surface area contributed by atoms with E-state index < -0.39 is 5.97 Å². The molecule has 0 atom stereocenters. The number of amides is 1. The molecule has 7 heteroatoms. The summed E-state index contributed by atoms with van der Waals surface area (Å²) in [5, 5.41) is 9.26. The third kappa shape index (κ3) is 4.06. The Labute approximate surface area is 145 Å². The molecule has 1 aliphatic heterocycles. The normalized spacial score (nSPS) is 14.2. The second-order valence-corrected chi connectivity index (χ2v) is 5.69. The minimum Gasteiger partial charge on any atom is -0.478 e. The molecule has 1 N–H and O–H groups in total. The van der Waals surface area contributed by atoms with Gasteiger partial charge in [0.15, 0.2) is 0 Å². The molecule has 0 saturated carbocycles. The molecule has 2 heterocycles. The van der Waals surface area contributed by atoms with Crippen molar-refractivity contribution in [2.75, 3.05) is 31.1 Å². The molecule has 0 aliphatic carbocycles. The van der Waals surface area contributed by atoms with E-state index in [4.69, 9.17) is 4.74 Å². The van der Waals surface area contributed by atoms with E-state index in [0.29, 0.717) is 32.0 Å². The number of anilines is 1. The van der Waals surface area contributed by atoms with Gasteiger partial charge in [-0.05, 0) is 17.7 Å². The lowest BCUT2D eigenvalue weighted by Gasteiger charge is -2.35. The van der Waals surface area contributed by atoms with Crippen LogP contribution in [0.2, 0.25) is 0 Å². The van der Waals surface area contributed by atoms with Gasteiger partial charge in [0.2, 0.25) is 0 Å². The van der Waals surface area contributed by atoms with E-state index in [1.165, 1.54) is 6.07 Å². The molecule has 0 bridgehead atoms. The third-order valence-corrected chi connectivity index (χ3v) is 4.06. The van der Waals surface area contributed by atoms with Gasteiger partial charge >= 0.3 is 12.1 Å². The smallest absolute Gasteiger partial charge is 0.410 e. The number of carboxylic acid groups (broad SMARTS) is 1. The van der Waals surface area contributed by atoms with Crippen LogP contribution in [-0.4, -0.2) is 53.2 Å². The van der Waals surface area contributed by atoms with Gasteiger partial charge in [0.1, 0.15) is 18.0 Å². The topological polar surface area (TPSA) is 83.0 Å². The Bertz CT molecular complexity index is 743. The van der Waals surface area contributed by atoms with E-state index in [1.54, 1.807) is 17.2 Å². The quantitative estimate of drug-likeness (QED) is 0.918. The number of hydrogen-bond acceptors (Lipinski definition) is 5. The second-order valence-electron chi connectivity index (χ2n) is 5.69. The molecule has 2 aromatic rings. The first-order chi connectivity index (χ1) is 12.1. The molecule has 1 aromatic carbocycles. The van der Waals surface area contributed by atoms with Crippen molar-refractivity contribution in [2.45, 2.75) is 6.61 Å². The maximum Gasteiger partial charge on any atom is 0.410 e. The fourth-order valence-electron chi connectivity index (χ4n) is 2.73. The van der Waals surface area contributed by atoms with Crippen molar-refractivity contribution >= 4 is 17.9 Å². The highest BCUT2D eigenvalue weighted by molar-refractivity contribution is 5.93. The Kier molecular flexibility index (Phi) is 5.13. The second kappa shape index (κ2) is 7.65. The van der Waals surface area contributed by atoms with Gasteiger partial charge in [0, 0.05) is 32.4 Å². The minimum absolute atomic E-state index is 0.169. The van der Waals surface area contributed by atoms with E-state index >= 15 is 0 Å². The molecule has 1 saturated heterocycles. The van der Waals surface area contributed by atoms with Crippen LogP contribution in [0.5, 0.6) is 0 Å². The zero-order valence-corrected chi connectivity index (χ0v) is 13.7. The van der Waals surface area contributed by atoms with Crippen molar-refractivity contribution in [1.29, 1.82) is 0 Å². The molecule has 1 amide bonds. The lowest BCUT2D eigenvalue weighted by atomic mass is 10.2. The first-order valence-electron chi connectivity index (χ1n) is 8.04. The predicted octanol–water partition coefficient (Wildman–Crippen LogP) is 2.24. The zero-order chi connectivity index (χ0) is 17.6. The molecule has 25 heavy (non-hydrogen) atoms. The first-order valence-corrected chi connectivity index (χ1v) is 8.04. The Morgan fingerprint density at radius 1 is 1.04 bits per heavy atom. The zero-order valence-electron chi connectivity index (χ0n) is 13.7. The Morgan fingerprint density at radius 2 is 1.76 bits per heavy atom. The number of aromatic nitrogens is 1. The van der Waals surface area contributed by atoms with Crippen LogP contribution < -0.4 is 4.90 Å². The third-order valence-electron chi connectivity index (χ3n) is 4.06. The molecular weight excluding hydrogens is 322 g/mol. The highest BCUT2D eigenvalue weighted by Gasteiger charge is 2.25. The molecule has 7 nitrogen and oxygen atoms in total. The van der Waals surface area contributed by atoms with Crippen molar-refractivity contribution in [3.05, 3.63) is 59.8 Å². The van der Waals surface area contributed by atoms with E-state index in [2.05, 4.69) is 4.98 Å². The summed E-state index contributed by atoms with van der Waals surface area (Å²) in [7, 11) is 0. The summed E-state index contributed by atoms with van der Waals surface area (Å²) in [4.78, 5) is 31.2. The number of hydrogen-bond donors (Lipinski definition) is 1. The molecule has 1 fully saturated rings. The molecule has 3 rings (SSSR count). The molecule has 1 aromatic heterocycles. The van der Waals surface area contributed by atoms with Gasteiger partial charge in [-0.15, -0.1) is 0 Å². The van der Waals surface area contributed by atoms with Crippen LogP contribution in [-0.2, 0) is 11.3 Å². The monoisotopic (exact) mass is 341 g/mol. The number of nitrogens with zero attached hydrogens (tertiary/aromatic N) is 3. The highest BCUT2D eigenvalue weighted by Crippen LogP contribution is 2.19. The lowest BCUT2D eigenvalue weighted by molar-refractivity contribution is 0.0695. The fourth-order valence-corrected chi connectivity index (χ4v) is 2.73. The van der Waals surface area contributed by atoms with Gasteiger partial charge in [-0.2, -0.15) is 0 Å². The lowest BCUT2D eigenvalue weighted by Crippen LogP contribution is -2.49. The molecule has 0 unspecified atom stereocenters. The van der Waals surface area contributed by atoms with Crippen molar-refractivity contribution in [2.24, 2.45) is 0 Å². The van der Waals surface area contributed by atoms with E-state index in [1.807, 2.05) is 35.2 Å². The van der Waals surface area contributed by atoms with Gasteiger partial charge < -0.3 is 19.6 Å². The number of aromatic carboxylic acids is 1. The van der Waals surface area contributed by atoms with Crippen molar-refractivity contribution < 1.29 is 19.4 Å². The van der Waals surface area contributed by atoms with E-state index in [-0.39, 0.29) is 18.3 Å². The van der Waals surface area contributed by atoms with Crippen molar-refractivity contribution in [3.63, 3.8) is 0 Å². The van der Waals surface area contributed by atoms with Crippen molar-refractivity contribution in [1.82, 2.24) is 9.88 Å². The SMILES string of the molecule is O=C(O)c1cccnc1N1CCN(C(=O)OCc2ccccc2)CC1. The van der Waals surface area contributed by atoms with Crippen LogP contribution in [0, 0.1) is 0 Å². The average Bonchev–Trinajstić information content (AvgIpc) is 2.67. The standard InChI is InChI=1S/C18H19N3O4/c22-17(23)15-7-4-8-19-16(15)20-9-11-21(12-10-20)18(24)25-13-14-5-2-1-3-6-14/h1-8H,9-13H2,(H,22,23). The summed E-state index contributed by atoms with van der Waals surface area (Å²) in [6.07, 6.45) is 1.21. The van der Waals surface area contributed by atoms with Crippen molar-refractivity contribution in [3.8, 4) is 0 Å². The summed E-state index contributed by atoms with van der Waals surface area (Å²) < 4.78 is 5.33. The van der Waals surface area contributed by atoms with E-state index in [0.717, 1.165) is 5.56 Å². The fraction of sp³-hybridized carbons (Fsp3) is 0.278. The van der Waals surface area contributed by atoms with Gasteiger partial charge in [0.25, 0.3) is 0 Å². The van der Waals surface area contributed by atoms with E-state index in [9.17, 15) is 14.7 Å². The Morgan fingerprint density at radius 3 is 2.44 bits per heavy atom. The van der Waals surface area contributed by atoms with Gasteiger partial charge in [0.05, 0.1) is 0 Å². The average molecular weight is 341 g/mol. The number of carbonyl (C=O) groups excluding carboxylic acids is 1. The Balaban J connectivity index is 1.55. The predicted molar refractivity (Wildman–Crippen MR) is 91.6 cm³/mol. The van der Waals surface area contributed by atoms with Crippen LogP contribution >= 0.6 is 0 Å². The van der Waals surface area contributed by atoms with Gasteiger partial charge in [-0.3, -0.25) is 0 Å². The van der Waals surface area contributed by atoms with Crippen LogP contribution in [0.1, 0.15) is 15.9 Å². The first kappa shape index (κ1) is 16.8. The van der Waals surface area contributed by atoms with Crippen LogP contribution in [0.15, 0.2) is 48.7 Å². The molecule has 1 aliphatic rings. The molecule has 130 valence electrons. The molecular formula is C18H19N3O4. The number of benzene rings is 1. The number of carboxylic acids is 1. The maximum absolute atomic E-state index is 12.2. The van der Waals surface area contributed by atoms with Crippen LogP contribution in [0.25, 0.3) is 0 Å². The number of ether oxygens (including phenoxy) is 1. The number of carbonyl (C=O) groups is 2. The number of pyridine rings is 1. The summed E-state index contributed by atoms with van der Waals surface area (Å²) in [5.41, 5.74) is 1.11. The molecule has 0 spiro atoms. The molecule has 0 radical (unpaired) electrons. The van der Waals surface area contributed by atoms with Gasteiger partial charge in [-0.1, -0.05) is 30.3 Å². The van der Waals surface area contributed by atoms with Crippen LogP contribution in [0.3, 0.4) is 0 Å². The largest absolute Gasteiger partial charge is 0.478 e. The number of piperazine rings is 1. The number of rotatable bonds is 4. The minimum atomic E-state index is -1.01. The summed E-state index contributed by atoms with van der Waals surface area (Å²) in [6.45, 7) is 2.19. The summed E-state index contributed by atoms with van der Waals surface area (Å²) in [6, 6.07) is 12.6. The highest BCUT2D eigenvalue weighted by atomic mass is 16.6. The van der Waals surface area contributed by atoms with Gasteiger partial charge in [-0.25, -0.2) is 14.6 Å².